The van der Waals surface area contributed by atoms with E-state index in [1.165, 1.54) is 0 Å². The SMILES string of the molecule is CC(N)C1(O)CCCC1. The second kappa shape index (κ2) is 2.27. The molecule has 54 valence electrons. The van der Waals surface area contributed by atoms with Crippen LogP contribution in [0.5, 0.6) is 0 Å². The Balaban J connectivity index is 2.51. The molecule has 2 heteroatoms. The van der Waals surface area contributed by atoms with Gasteiger partial charge in [-0.05, 0) is 19.8 Å². The molecule has 1 atom stereocenters. The Kier molecular flexibility index (Phi) is 1.78. The average Bonchev–Trinajstić information content (AvgIpc) is 2.16. The van der Waals surface area contributed by atoms with Crippen LogP contribution >= 0.6 is 0 Å². The summed E-state index contributed by atoms with van der Waals surface area (Å²) in [5, 5.41) is 9.64. The van der Waals surface area contributed by atoms with Crippen molar-refractivity contribution in [2.45, 2.75) is 44.2 Å². The maximum Gasteiger partial charge on any atom is 0.0795 e. The van der Waals surface area contributed by atoms with E-state index in [1.54, 1.807) is 0 Å². The molecule has 0 spiro atoms. The number of hydrogen-bond donors (Lipinski definition) is 2. The molecule has 0 heterocycles. The average molecular weight is 129 g/mol. The number of hydrogen-bond acceptors (Lipinski definition) is 2. The third-order valence-corrected chi connectivity index (χ3v) is 2.32. The molecule has 0 aromatic carbocycles. The van der Waals surface area contributed by atoms with Crippen LogP contribution in [-0.4, -0.2) is 16.7 Å². The molecule has 1 rings (SSSR count). The molecule has 9 heavy (non-hydrogen) atoms. The fraction of sp³-hybridized carbons (Fsp3) is 1.00. The summed E-state index contributed by atoms with van der Waals surface area (Å²) in [7, 11) is 0. The Hall–Kier alpha value is -0.0800. The summed E-state index contributed by atoms with van der Waals surface area (Å²) in [6.45, 7) is 1.88. The van der Waals surface area contributed by atoms with E-state index in [-0.39, 0.29) is 6.04 Å². The van der Waals surface area contributed by atoms with Gasteiger partial charge in [-0.3, -0.25) is 0 Å². The monoisotopic (exact) mass is 129 g/mol. The van der Waals surface area contributed by atoms with Gasteiger partial charge in [-0.25, -0.2) is 0 Å². The van der Waals surface area contributed by atoms with Gasteiger partial charge in [0.05, 0.1) is 5.60 Å². The van der Waals surface area contributed by atoms with Crippen LogP contribution < -0.4 is 5.73 Å². The highest BCUT2D eigenvalue weighted by Crippen LogP contribution is 2.31. The fourth-order valence-corrected chi connectivity index (χ4v) is 1.44. The van der Waals surface area contributed by atoms with Gasteiger partial charge in [-0.2, -0.15) is 0 Å². The molecule has 2 nitrogen and oxygen atoms in total. The lowest BCUT2D eigenvalue weighted by Gasteiger charge is -2.26. The van der Waals surface area contributed by atoms with Crippen molar-refractivity contribution in [2.75, 3.05) is 0 Å². The number of nitrogens with two attached hydrogens (primary N) is 1. The molecule has 0 radical (unpaired) electrons. The van der Waals surface area contributed by atoms with Crippen LogP contribution in [0, 0.1) is 0 Å². The minimum absolute atomic E-state index is 0.0556. The van der Waals surface area contributed by atoms with Crippen LogP contribution in [0.2, 0.25) is 0 Å². The molecule has 1 fully saturated rings. The van der Waals surface area contributed by atoms with E-state index in [0.717, 1.165) is 25.7 Å². The summed E-state index contributed by atoms with van der Waals surface area (Å²) < 4.78 is 0. The van der Waals surface area contributed by atoms with Crippen molar-refractivity contribution >= 4 is 0 Å². The van der Waals surface area contributed by atoms with Crippen molar-refractivity contribution in [1.82, 2.24) is 0 Å². The first kappa shape index (κ1) is 7.03. The fourth-order valence-electron chi connectivity index (χ4n) is 1.44. The standard InChI is InChI=1S/C7H15NO/c1-6(8)7(9)4-2-3-5-7/h6,9H,2-5,8H2,1H3. The summed E-state index contributed by atoms with van der Waals surface area (Å²) in [4.78, 5) is 0. The van der Waals surface area contributed by atoms with E-state index in [1.807, 2.05) is 6.92 Å². The zero-order chi connectivity index (χ0) is 6.91. The second-order valence-electron chi connectivity index (χ2n) is 3.10. The number of aliphatic hydroxyl groups is 1. The van der Waals surface area contributed by atoms with Crippen LogP contribution in [0.3, 0.4) is 0 Å². The second-order valence-corrected chi connectivity index (χ2v) is 3.10. The summed E-state index contributed by atoms with van der Waals surface area (Å²) in [6, 6.07) is -0.0556. The Morgan fingerprint density at radius 3 is 2.11 bits per heavy atom. The van der Waals surface area contributed by atoms with E-state index in [9.17, 15) is 5.11 Å². The third-order valence-electron chi connectivity index (χ3n) is 2.32. The van der Waals surface area contributed by atoms with Gasteiger partial charge in [-0.15, -0.1) is 0 Å². The maximum atomic E-state index is 9.64. The van der Waals surface area contributed by atoms with Crippen LogP contribution in [-0.2, 0) is 0 Å². The highest BCUT2D eigenvalue weighted by atomic mass is 16.3. The Morgan fingerprint density at radius 2 is 1.89 bits per heavy atom. The molecule has 0 aromatic rings. The summed E-state index contributed by atoms with van der Waals surface area (Å²) >= 11 is 0. The van der Waals surface area contributed by atoms with Gasteiger partial charge in [0.15, 0.2) is 0 Å². The first-order valence-electron chi connectivity index (χ1n) is 3.63. The van der Waals surface area contributed by atoms with Crippen molar-refractivity contribution in [3.63, 3.8) is 0 Å². The Bertz CT molecular complexity index is 95.1. The molecule has 0 amide bonds. The largest absolute Gasteiger partial charge is 0.388 e. The lowest BCUT2D eigenvalue weighted by molar-refractivity contribution is 0.0267. The molecule has 1 saturated carbocycles. The Labute approximate surface area is 56.1 Å². The van der Waals surface area contributed by atoms with E-state index in [2.05, 4.69) is 0 Å². The van der Waals surface area contributed by atoms with Crippen molar-refractivity contribution in [3.8, 4) is 0 Å². The third kappa shape index (κ3) is 1.25. The normalized spacial score (nSPS) is 28.3. The smallest absolute Gasteiger partial charge is 0.0795 e. The van der Waals surface area contributed by atoms with Gasteiger partial charge in [0, 0.05) is 6.04 Å². The van der Waals surface area contributed by atoms with E-state index in [0.29, 0.717) is 0 Å². The zero-order valence-corrected chi connectivity index (χ0v) is 5.93. The summed E-state index contributed by atoms with van der Waals surface area (Å²) in [5.41, 5.74) is 5.05. The van der Waals surface area contributed by atoms with E-state index >= 15 is 0 Å². The molecular formula is C7H15NO. The molecule has 0 saturated heterocycles. The molecular weight excluding hydrogens is 114 g/mol. The van der Waals surface area contributed by atoms with Crippen molar-refractivity contribution in [3.05, 3.63) is 0 Å². The molecule has 3 N–H and O–H groups in total. The molecule has 1 aliphatic carbocycles. The topological polar surface area (TPSA) is 46.2 Å². The van der Waals surface area contributed by atoms with Gasteiger partial charge < -0.3 is 10.8 Å². The first-order chi connectivity index (χ1) is 4.15. The Morgan fingerprint density at radius 1 is 1.44 bits per heavy atom. The molecule has 0 bridgehead atoms. The minimum Gasteiger partial charge on any atom is -0.388 e. The maximum absolute atomic E-state index is 9.64. The minimum atomic E-state index is -0.528. The van der Waals surface area contributed by atoms with Crippen LogP contribution in [0.4, 0.5) is 0 Å². The van der Waals surface area contributed by atoms with Crippen molar-refractivity contribution in [2.24, 2.45) is 5.73 Å². The lowest BCUT2D eigenvalue weighted by atomic mass is 9.95. The number of rotatable bonds is 1. The van der Waals surface area contributed by atoms with Crippen molar-refractivity contribution < 1.29 is 5.11 Å². The van der Waals surface area contributed by atoms with Gasteiger partial charge in [-0.1, -0.05) is 12.8 Å². The van der Waals surface area contributed by atoms with E-state index < -0.39 is 5.60 Å². The molecule has 0 aliphatic heterocycles. The summed E-state index contributed by atoms with van der Waals surface area (Å²) in [5.74, 6) is 0. The van der Waals surface area contributed by atoms with Crippen LogP contribution in [0.15, 0.2) is 0 Å². The van der Waals surface area contributed by atoms with Gasteiger partial charge in [0.1, 0.15) is 0 Å². The van der Waals surface area contributed by atoms with Crippen LogP contribution in [0.25, 0.3) is 0 Å². The predicted molar refractivity (Wildman–Crippen MR) is 37.1 cm³/mol. The van der Waals surface area contributed by atoms with Gasteiger partial charge >= 0.3 is 0 Å². The predicted octanol–water partition coefficient (Wildman–Crippen LogP) is 0.639. The molecule has 0 aromatic heterocycles. The van der Waals surface area contributed by atoms with Gasteiger partial charge in [0.25, 0.3) is 0 Å². The highest BCUT2D eigenvalue weighted by Gasteiger charge is 2.34. The first-order valence-corrected chi connectivity index (χ1v) is 3.63. The van der Waals surface area contributed by atoms with Gasteiger partial charge in [0.2, 0.25) is 0 Å². The van der Waals surface area contributed by atoms with E-state index in [4.69, 9.17) is 5.73 Å². The molecule has 1 unspecified atom stereocenters. The zero-order valence-electron chi connectivity index (χ0n) is 5.93. The van der Waals surface area contributed by atoms with Crippen molar-refractivity contribution in [1.29, 1.82) is 0 Å². The van der Waals surface area contributed by atoms with Crippen LogP contribution in [0.1, 0.15) is 32.6 Å². The summed E-state index contributed by atoms with van der Waals surface area (Å²) in [6.07, 6.45) is 4.06. The molecule has 1 aliphatic rings. The lowest BCUT2D eigenvalue weighted by Crippen LogP contribution is -2.43. The quantitative estimate of drug-likeness (QED) is 0.545. The highest BCUT2D eigenvalue weighted by molar-refractivity contribution is 4.90.